The molecule has 0 bridgehead atoms. The summed E-state index contributed by atoms with van der Waals surface area (Å²) in [5.41, 5.74) is 0.832. The van der Waals surface area contributed by atoms with Crippen molar-refractivity contribution in [3.8, 4) is 11.5 Å². The van der Waals surface area contributed by atoms with Gasteiger partial charge in [0.2, 0.25) is 0 Å². The summed E-state index contributed by atoms with van der Waals surface area (Å²) < 4.78 is 12.0. The molecule has 1 aliphatic carbocycles. The van der Waals surface area contributed by atoms with Gasteiger partial charge in [-0.15, -0.1) is 0 Å². The molecule has 2 saturated heterocycles. The molecule has 4 rings (SSSR count). The van der Waals surface area contributed by atoms with E-state index in [4.69, 9.17) is 9.47 Å². The summed E-state index contributed by atoms with van der Waals surface area (Å²) in [4.78, 5) is 20.3. The number of aliphatic hydroxyl groups excluding tert-OH is 1. The maximum Gasteiger partial charge on any atom is 0.161 e. The fourth-order valence-corrected chi connectivity index (χ4v) is 8.17. The first-order chi connectivity index (χ1) is 22.8. The fraction of sp³-hybridized carbons (Fsp3) is 0.825. The molecule has 0 radical (unpaired) electrons. The Hall–Kier alpha value is -1.67. The van der Waals surface area contributed by atoms with Gasteiger partial charge in [-0.3, -0.25) is 9.69 Å². The average Bonchev–Trinajstić information content (AvgIpc) is 3.69. The molecular weight excluding hydrogens is 586 g/mol. The summed E-state index contributed by atoms with van der Waals surface area (Å²) in [7, 11) is 3.92. The van der Waals surface area contributed by atoms with Gasteiger partial charge in [-0.25, -0.2) is 0 Å². The van der Waals surface area contributed by atoms with Crippen molar-refractivity contribution in [1.82, 2.24) is 14.7 Å². The second-order valence-electron chi connectivity index (χ2n) is 15.5. The zero-order valence-corrected chi connectivity index (χ0v) is 30.7. The normalized spacial score (nSPS) is 23.8. The highest BCUT2D eigenvalue weighted by molar-refractivity contribution is 5.80. The molecule has 47 heavy (non-hydrogen) atoms. The van der Waals surface area contributed by atoms with E-state index in [0.29, 0.717) is 18.7 Å². The van der Waals surface area contributed by atoms with Gasteiger partial charge in [-0.05, 0) is 76.7 Å². The minimum Gasteiger partial charge on any atom is -0.493 e. The van der Waals surface area contributed by atoms with Crippen molar-refractivity contribution in [1.29, 1.82) is 0 Å². The Morgan fingerprint density at radius 1 is 0.872 bits per heavy atom. The maximum absolute atomic E-state index is 13.0. The van der Waals surface area contributed by atoms with Gasteiger partial charge >= 0.3 is 0 Å². The Balaban J connectivity index is 1.06. The number of hydrogen-bond donors (Lipinski definition) is 1. The van der Waals surface area contributed by atoms with E-state index in [1.807, 2.05) is 13.0 Å². The van der Waals surface area contributed by atoms with Crippen LogP contribution in [0.15, 0.2) is 18.2 Å². The topological polar surface area (TPSA) is 65.5 Å². The molecule has 2 heterocycles. The van der Waals surface area contributed by atoms with Crippen LogP contribution < -0.4 is 9.47 Å². The van der Waals surface area contributed by atoms with Crippen LogP contribution in [0.1, 0.15) is 134 Å². The minimum absolute atomic E-state index is 0.124. The zero-order valence-electron chi connectivity index (χ0n) is 30.7. The Kier molecular flexibility index (Phi) is 16.3. The molecule has 7 nitrogen and oxygen atoms in total. The molecule has 2 aliphatic heterocycles. The number of carbonyl (C=O) groups is 1. The number of unbranched alkanes of at least 4 members (excludes halogenated alkanes) is 11. The third-order valence-electron chi connectivity index (χ3n) is 11.6. The third kappa shape index (κ3) is 12.3. The van der Waals surface area contributed by atoms with Gasteiger partial charge in [0.25, 0.3) is 0 Å². The van der Waals surface area contributed by atoms with Crippen LogP contribution in [0.5, 0.6) is 11.5 Å². The number of piperazine rings is 1. The molecule has 3 fully saturated rings. The highest BCUT2D eigenvalue weighted by Crippen LogP contribution is 2.47. The summed E-state index contributed by atoms with van der Waals surface area (Å²) in [6.07, 6.45) is 20.8. The molecule has 1 N–H and O–H groups in total. The van der Waals surface area contributed by atoms with Crippen LogP contribution in [0.3, 0.4) is 0 Å². The number of hydrogen-bond acceptors (Lipinski definition) is 7. The Labute approximate surface area is 287 Å². The number of ether oxygens (including phenoxy) is 2. The summed E-state index contributed by atoms with van der Waals surface area (Å²) in [5, 5.41) is 10.9. The van der Waals surface area contributed by atoms with E-state index in [0.717, 1.165) is 55.8 Å². The van der Waals surface area contributed by atoms with Gasteiger partial charge in [0, 0.05) is 57.0 Å². The molecule has 0 amide bonds. The van der Waals surface area contributed by atoms with Crippen LogP contribution in [0.2, 0.25) is 0 Å². The van der Waals surface area contributed by atoms with Crippen LogP contribution in [-0.4, -0.2) is 104 Å². The van der Waals surface area contributed by atoms with Crippen LogP contribution in [0, 0.1) is 5.41 Å². The van der Waals surface area contributed by atoms with Crippen LogP contribution in [0.4, 0.5) is 0 Å². The van der Waals surface area contributed by atoms with Crippen LogP contribution >= 0.6 is 0 Å². The molecule has 0 aromatic heterocycles. The number of carbonyl (C=O) groups excluding carboxylic acids is 1. The number of Topliss-reactive ketones (excluding diaryl/α,β-unsaturated/α-hetero) is 1. The van der Waals surface area contributed by atoms with E-state index in [1.54, 1.807) is 7.11 Å². The molecule has 0 unspecified atom stereocenters. The Bertz CT molecular complexity index is 1040. The quantitative estimate of drug-likeness (QED) is 0.129. The lowest BCUT2D eigenvalue weighted by Crippen LogP contribution is -2.44. The summed E-state index contributed by atoms with van der Waals surface area (Å²) in [6, 6.07) is 6.26. The van der Waals surface area contributed by atoms with Crippen molar-refractivity contribution in [3.05, 3.63) is 23.8 Å². The molecule has 1 aromatic rings. The number of likely N-dealkylation sites (tertiary alicyclic amines) is 1. The minimum atomic E-state index is -0.480. The SMILES string of the molecule is COc1ccc([C@@H]2CN(CC(=O)CCCCCCCCCCCCCCN3CCN(C)CC3)C[C@@]2(C)[C@@H](C)O)cc1OC1CCCC1. The predicted octanol–water partition coefficient (Wildman–Crippen LogP) is 7.69. The van der Waals surface area contributed by atoms with Crippen molar-refractivity contribution >= 4 is 5.78 Å². The van der Waals surface area contributed by atoms with Gasteiger partial charge in [0.05, 0.1) is 25.9 Å². The second kappa shape index (κ2) is 20.1. The number of rotatable bonds is 22. The molecule has 3 atom stereocenters. The van der Waals surface area contributed by atoms with Crippen molar-refractivity contribution in [3.63, 3.8) is 0 Å². The summed E-state index contributed by atoms with van der Waals surface area (Å²) >= 11 is 0. The second-order valence-corrected chi connectivity index (χ2v) is 15.5. The highest BCUT2D eigenvalue weighted by Gasteiger charge is 2.47. The smallest absolute Gasteiger partial charge is 0.161 e. The molecule has 3 aliphatic rings. The lowest BCUT2D eigenvalue weighted by Gasteiger charge is -2.34. The van der Waals surface area contributed by atoms with E-state index in [-0.39, 0.29) is 17.4 Å². The number of ketones is 1. The van der Waals surface area contributed by atoms with Crippen molar-refractivity contribution < 1.29 is 19.4 Å². The standard InChI is InChI=1S/C40H69N3O4/c1-33(44)40(2)32-43(31-37(40)34-22-23-38(46-4)39(29-34)47-36-20-16-17-21-36)30-35(45)19-15-13-11-9-7-5-6-8-10-12-14-18-24-42-27-25-41(3)26-28-42/h22-23,29,33,36-37,44H,5-21,24-28,30-32H2,1-4H3/t33-,37+,40+/m1/s1. The molecule has 1 aromatic carbocycles. The summed E-state index contributed by atoms with van der Waals surface area (Å²) in [5.74, 6) is 2.03. The first kappa shape index (κ1) is 38.1. The molecule has 1 saturated carbocycles. The molecule has 268 valence electrons. The Morgan fingerprint density at radius 2 is 1.47 bits per heavy atom. The van der Waals surface area contributed by atoms with Gasteiger partial charge in [-0.1, -0.05) is 77.2 Å². The van der Waals surface area contributed by atoms with E-state index in [2.05, 4.69) is 40.8 Å². The van der Waals surface area contributed by atoms with Crippen molar-refractivity contribution in [2.45, 2.75) is 141 Å². The number of methoxy groups -OCH3 is 1. The fourth-order valence-electron chi connectivity index (χ4n) is 8.17. The number of aliphatic hydroxyl groups is 1. The number of benzene rings is 1. The van der Waals surface area contributed by atoms with Crippen molar-refractivity contribution in [2.24, 2.45) is 5.41 Å². The summed E-state index contributed by atoms with van der Waals surface area (Å²) in [6.45, 7) is 12.3. The third-order valence-corrected chi connectivity index (χ3v) is 11.6. The van der Waals surface area contributed by atoms with E-state index in [9.17, 15) is 9.90 Å². The predicted molar refractivity (Wildman–Crippen MR) is 194 cm³/mol. The van der Waals surface area contributed by atoms with E-state index < -0.39 is 6.10 Å². The molecular formula is C40H69N3O4. The lowest BCUT2D eigenvalue weighted by atomic mass is 9.72. The van der Waals surface area contributed by atoms with Crippen molar-refractivity contribution in [2.75, 3.05) is 66.5 Å². The van der Waals surface area contributed by atoms with E-state index >= 15 is 0 Å². The highest BCUT2D eigenvalue weighted by atomic mass is 16.5. The van der Waals surface area contributed by atoms with Gasteiger partial charge < -0.3 is 24.4 Å². The monoisotopic (exact) mass is 656 g/mol. The maximum atomic E-state index is 13.0. The molecule has 0 spiro atoms. The average molecular weight is 656 g/mol. The first-order valence-corrected chi connectivity index (χ1v) is 19.5. The van der Waals surface area contributed by atoms with Gasteiger partial charge in [0.15, 0.2) is 11.5 Å². The van der Waals surface area contributed by atoms with Crippen LogP contribution in [0.25, 0.3) is 0 Å². The zero-order chi connectivity index (χ0) is 33.5. The first-order valence-electron chi connectivity index (χ1n) is 19.5. The van der Waals surface area contributed by atoms with Gasteiger partial charge in [0.1, 0.15) is 5.78 Å². The molecule has 7 heteroatoms. The number of likely N-dealkylation sites (N-methyl/N-ethyl adjacent to an activating group) is 1. The Morgan fingerprint density at radius 3 is 2.06 bits per heavy atom. The van der Waals surface area contributed by atoms with Crippen LogP contribution in [-0.2, 0) is 4.79 Å². The number of nitrogens with zero attached hydrogens (tertiary/aromatic N) is 3. The lowest BCUT2D eigenvalue weighted by molar-refractivity contribution is -0.120. The largest absolute Gasteiger partial charge is 0.493 e. The van der Waals surface area contributed by atoms with E-state index in [1.165, 1.54) is 110 Å². The van der Waals surface area contributed by atoms with Gasteiger partial charge in [-0.2, -0.15) is 0 Å².